The molecule has 0 radical (unpaired) electrons. The number of hydrogen-bond acceptors (Lipinski definition) is 2. The number of nitrogens with zero attached hydrogens (tertiary/aromatic N) is 1. The summed E-state index contributed by atoms with van der Waals surface area (Å²) >= 11 is 5.78. The molecular weight excluding hydrogens is 274 g/mol. The summed E-state index contributed by atoms with van der Waals surface area (Å²) in [6.45, 7) is 3.09. The molecule has 0 aliphatic carbocycles. The van der Waals surface area contributed by atoms with Crippen LogP contribution < -0.4 is 5.32 Å². The van der Waals surface area contributed by atoms with Gasteiger partial charge in [0, 0.05) is 19.2 Å². The number of hydrogen-bond donors (Lipinski definition) is 1. The molecule has 0 aromatic heterocycles. The molecule has 0 saturated carbocycles. The van der Waals surface area contributed by atoms with Gasteiger partial charge in [0.05, 0.1) is 10.7 Å². The molecule has 1 atom stereocenters. The minimum atomic E-state index is -0.800. The third kappa shape index (κ3) is 3.15. The maximum Gasteiger partial charge on any atom is 0.244 e. The normalized spacial score (nSPS) is 16.5. The van der Waals surface area contributed by atoms with Gasteiger partial charge in [-0.2, -0.15) is 0 Å². The molecule has 6 heteroatoms. The number of carbonyl (C=O) groups is 1. The maximum atomic E-state index is 13.6. The number of anilines is 1. The highest BCUT2D eigenvalue weighted by Crippen LogP contribution is 2.27. The number of rotatable bonds is 3. The van der Waals surface area contributed by atoms with Crippen LogP contribution in [-0.2, 0) is 4.79 Å². The highest BCUT2D eigenvalue weighted by Gasteiger charge is 2.24. The minimum Gasteiger partial charge on any atom is -0.370 e. The van der Waals surface area contributed by atoms with E-state index in [1.165, 1.54) is 0 Å². The molecule has 1 aliphatic rings. The second-order valence-electron chi connectivity index (χ2n) is 4.64. The Balaban J connectivity index is 2.10. The van der Waals surface area contributed by atoms with Gasteiger partial charge >= 0.3 is 0 Å². The van der Waals surface area contributed by atoms with E-state index in [2.05, 4.69) is 5.32 Å². The van der Waals surface area contributed by atoms with E-state index in [0.717, 1.165) is 38.1 Å². The molecule has 2 rings (SSSR count). The topological polar surface area (TPSA) is 32.3 Å². The molecule has 1 saturated heterocycles. The zero-order valence-electron chi connectivity index (χ0n) is 10.5. The van der Waals surface area contributed by atoms with Gasteiger partial charge in [0.15, 0.2) is 5.82 Å². The molecule has 1 unspecified atom stereocenters. The van der Waals surface area contributed by atoms with E-state index < -0.39 is 17.7 Å². The number of carbonyl (C=O) groups excluding carboxylic acids is 1. The molecule has 3 nitrogen and oxygen atoms in total. The van der Waals surface area contributed by atoms with Gasteiger partial charge in [0.1, 0.15) is 11.9 Å². The van der Waals surface area contributed by atoms with Gasteiger partial charge < -0.3 is 10.2 Å². The maximum absolute atomic E-state index is 13.6. The Morgan fingerprint density at radius 2 is 2.00 bits per heavy atom. The first-order valence-electron chi connectivity index (χ1n) is 6.19. The number of benzene rings is 1. The van der Waals surface area contributed by atoms with Crippen molar-refractivity contribution < 1.29 is 13.6 Å². The van der Waals surface area contributed by atoms with Gasteiger partial charge in [-0.15, -0.1) is 0 Å². The van der Waals surface area contributed by atoms with Crippen LogP contribution in [0.3, 0.4) is 0 Å². The average molecular weight is 289 g/mol. The summed E-state index contributed by atoms with van der Waals surface area (Å²) in [6, 6.07) is 1.15. The Labute approximate surface area is 115 Å². The number of nitrogens with one attached hydrogen (secondary N) is 1. The van der Waals surface area contributed by atoms with Crippen LogP contribution >= 0.6 is 11.6 Å². The predicted molar refractivity (Wildman–Crippen MR) is 70.3 cm³/mol. The Morgan fingerprint density at radius 3 is 2.58 bits per heavy atom. The monoisotopic (exact) mass is 288 g/mol. The zero-order chi connectivity index (χ0) is 14.0. The fourth-order valence-electron chi connectivity index (χ4n) is 2.17. The van der Waals surface area contributed by atoms with Crippen LogP contribution in [0.1, 0.15) is 19.8 Å². The highest BCUT2D eigenvalue weighted by molar-refractivity contribution is 6.33. The van der Waals surface area contributed by atoms with Crippen LogP contribution in [-0.4, -0.2) is 29.9 Å². The number of amides is 1. The summed E-state index contributed by atoms with van der Waals surface area (Å²) in [5, 5.41) is 2.65. The standard InChI is InChI=1S/C13H15ClF2N2O/c1-8(13(19)18-4-2-3-5-18)17-12-10(14)6-9(15)7-11(12)16/h6-8,17H,2-5H2,1H3. The fourth-order valence-corrected chi connectivity index (χ4v) is 2.42. The lowest BCUT2D eigenvalue weighted by Gasteiger charge is -2.22. The van der Waals surface area contributed by atoms with Crippen molar-refractivity contribution in [3.63, 3.8) is 0 Å². The van der Waals surface area contributed by atoms with Crippen molar-refractivity contribution in [2.45, 2.75) is 25.8 Å². The SMILES string of the molecule is CC(Nc1c(F)cc(F)cc1Cl)C(=O)N1CCCC1. The molecule has 1 aromatic carbocycles. The largest absolute Gasteiger partial charge is 0.370 e. The molecule has 1 aromatic rings. The summed E-state index contributed by atoms with van der Waals surface area (Å²) in [7, 11) is 0. The van der Waals surface area contributed by atoms with Gasteiger partial charge in [-0.1, -0.05) is 11.6 Å². The molecule has 104 valence electrons. The summed E-state index contributed by atoms with van der Waals surface area (Å²) in [6.07, 6.45) is 1.98. The second kappa shape index (κ2) is 5.74. The molecule has 0 spiro atoms. The average Bonchev–Trinajstić information content (AvgIpc) is 2.86. The minimum absolute atomic E-state index is 0.0388. The predicted octanol–water partition coefficient (Wildman–Crippen LogP) is 3.04. The van der Waals surface area contributed by atoms with E-state index in [-0.39, 0.29) is 16.6 Å². The van der Waals surface area contributed by atoms with E-state index in [1.807, 2.05) is 0 Å². The van der Waals surface area contributed by atoms with Crippen LogP contribution in [0.4, 0.5) is 14.5 Å². The molecule has 1 amide bonds. The smallest absolute Gasteiger partial charge is 0.244 e. The van der Waals surface area contributed by atoms with Crippen molar-refractivity contribution in [3.05, 3.63) is 28.8 Å². The third-order valence-electron chi connectivity index (χ3n) is 3.16. The van der Waals surface area contributed by atoms with Gasteiger partial charge in [-0.25, -0.2) is 8.78 Å². The number of likely N-dealkylation sites (tertiary alicyclic amines) is 1. The third-order valence-corrected chi connectivity index (χ3v) is 3.45. The molecule has 1 heterocycles. The van der Waals surface area contributed by atoms with Crippen LogP contribution in [0.5, 0.6) is 0 Å². The molecule has 19 heavy (non-hydrogen) atoms. The first kappa shape index (κ1) is 14.1. The first-order chi connectivity index (χ1) is 8.99. The summed E-state index contributed by atoms with van der Waals surface area (Å²) < 4.78 is 26.5. The van der Waals surface area contributed by atoms with Crippen LogP contribution in [0.25, 0.3) is 0 Å². The Kier molecular flexibility index (Phi) is 4.24. The van der Waals surface area contributed by atoms with Gasteiger partial charge in [0.2, 0.25) is 5.91 Å². The summed E-state index contributed by atoms with van der Waals surface area (Å²) in [5.74, 6) is -1.64. The quantitative estimate of drug-likeness (QED) is 0.927. The molecular formula is C13H15ClF2N2O. The second-order valence-corrected chi connectivity index (χ2v) is 5.05. The first-order valence-corrected chi connectivity index (χ1v) is 6.56. The van der Waals surface area contributed by atoms with Crippen molar-refractivity contribution >= 4 is 23.2 Å². The van der Waals surface area contributed by atoms with Crippen LogP contribution in [0.2, 0.25) is 5.02 Å². The Bertz CT molecular complexity index is 467. The van der Waals surface area contributed by atoms with E-state index >= 15 is 0 Å². The summed E-state index contributed by atoms with van der Waals surface area (Å²) in [5.41, 5.74) is -0.0388. The van der Waals surface area contributed by atoms with Gasteiger partial charge in [0.25, 0.3) is 0 Å². The number of halogens is 3. The van der Waals surface area contributed by atoms with E-state index in [1.54, 1.807) is 11.8 Å². The molecule has 1 N–H and O–H groups in total. The highest BCUT2D eigenvalue weighted by atomic mass is 35.5. The fraction of sp³-hybridized carbons (Fsp3) is 0.462. The lowest BCUT2D eigenvalue weighted by Crippen LogP contribution is -2.39. The zero-order valence-corrected chi connectivity index (χ0v) is 11.3. The van der Waals surface area contributed by atoms with Crippen molar-refractivity contribution in [2.75, 3.05) is 18.4 Å². The van der Waals surface area contributed by atoms with Crippen LogP contribution in [0, 0.1) is 11.6 Å². The Hall–Kier alpha value is -1.36. The molecule has 0 bridgehead atoms. The van der Waals surface area contributed by atoms with E-state index in [0.29, 0.717) is 0 Å². The summed E-state index contributed by atoms with van der Waals surface area (Å²) in [4.78, 5) is 13.8. The van der Waals surface area contributed by atoms with E-state index in [4.69, 9.17) is 11.6 Å². The van der Waals surface area contributed by atoms with E-state index in [9.17, 15) is 13.6 Å². The Morgan fingerprint density at radius 1 is 1.37 bits per heavy atom. The molecule has 1 aliphatic heterocycles. The van der Waals surface area contributed by atoms with Crippen LogP contribution in [0.15, 0.2) is 12.1 Å². The van der Waals surface area contributed by atoms with Crippen molar-refractivity contribution in [1.82, 2.24) is 4.90 Å². The van der Waals surface area contributed by atoms with Gasteiger partial charge in [-0.05, 0) is 25.8 Å². The van der Waals surface area contributed by atoms with Crippen molar-refractivity contribution in [3.8, 4) is 0 Å². The lowest BCUT2D eigenvalue weighted by atomic mass is 10.2. The van der Waals surface area contributed by atoms with Crippen molar-refractivity contribution in [2.24, 2.45) is 0 Å². The lowest BCUT2D eigenvalue weighted by molar-refractivity contribution is -0.130. The molecule has 1 fully saturated rings. The van der Waals surface area contributed by atoms with Gasteiger partial charge in [-0.3, -0.25) is 4.79 Å². The van der Waals surface area contributed by atoms with Crippen molar-refractivity contribution in [1.29, 1.82) is 0 Å².